The number of thioether (sulfide) groups is 1. The van der Waals surface area contributed by atoms with E-state index in [1.54, 1.807) is 18.7 Å². The molecule has 3 aromatic rings. The number of pyridine rings is 1. The highest BCUT2D eigenvalue weighted by molar-refractivity contribution is 7.99. The Morgan fingerprint density at radius 2 is 1.96 bits per heavy atom. The summed E-state index contributed by atoms with van der Waals surface area (Å²) in [5, 5.41) is 8.94. The second-order valence-corrected chi connectivity index (χ2v) is 7.58. The van der Waals surface area contributed by atoms with Crippen molar-refractivity contribution in [3.8, 4) is 5.69 Å². The topological polar surface area (TPSA) is 63.9 Å². The molecule has 3 heterocycles. The van der Waals surface area contributed by atoms with Crippen LogP contribution in [-0.2, 0) is 4.79 Å². The minimum atomic E-state index is 0.137. The monoisotopic (exact) mass is 379 g/mol. The van der Waals surface area contributed by atoms with Crippen molar-refractivity contribution in [2.45, 2.75) is 31.0 Å². The van der Waals surface area contributed by atoms with Crippen LogP contribution in [0.15, 0.2) is 60.3 Å². The predicted molar refractivity (Wildman–Crippen MR) is 105 cm³/mol. The van der Waals surface area contributed by atoms with Gasteiger partial charge in [-0.2, -0.15) is 0 Å². The zero-order valence-corrected chi connectivity index (χ0v) is 16.0. The van der Waals surface area contributed by atoms with E-state index in [4.69, 9.17) is 0 Å². The largest absolute Gasteiger partial charge is 0.335 e. The van der Waals surface area contributed by atoms with E-state index in [0.29, 0.717) is 5.75 Å². The molecule has 1 amide bonds. The van der Waals surface area contributed by atoms with Gasteiger partial charge in [0.1, 0.15) is 6.33 Å². The van der Waals surface area contributed by atoms with E-state index in [-0.39, 0.29) is 11.9 Å². The summed E-state index contributed by atoms with van der Waals surface area (Å²) in [6, 6.07) is 12.3. The first kappa shape index (κ1) is 17.7. The van der Waals surface area contributed by atoms with Crippen molar-refractivity contribution >= 4 is 17.7 Å². The Morgan fingerprint density at radius 1 is 1.19 bits per heavy atom. The molecule has 0 bridgehead atoms. The first-order valence-corrected chi connectivity index (χ1v) is 10.0. The van der Waals surface area contributed by atoms with E-state index in [2.05, 4.69) is 34.2 Å². The van der Waals surface area contributed by atoms with Gasteiger partial charge < -0.3 is 4.90 Å². The number of hydrogen-bond acceptors (Lipinski definition) is 5. The molecular formula is C20H21N5OS. The maximum absolute atomic E-state index is 12.8. The zero-order valence-electron chi connectivity index (χ0n) is 15.2. The SMILES string of the molecule is Cc1ccc(-n2cnnc2SCC(=O)N2CCCC2c2ccncc2)cc1. The second kappa shape index (κ2) is 7.92. The molecule has 1 fully saturated rings. The summed E-state index contributed by atoms with van der Waals surface area (Å²) in [5.41, 5.74) is 3.35. The second-order valence-electron chi connectivity index (χ2n) is 6.63. The van der Waals surface area contributed by atoms with E-state index >= 15 is 0 Å². The molecule has 1 atom stereocenters. The number of benzene rings is 1. The Hall–Kier alpha value is -2.67. The summed E-state index contributed by atoms with van der Waals surface area (Å²) < 4.78 is 1.92. The number of carbonyl (C=O) groups is 1. The van der Waals surface area contributed by atoms with Crippen molar-refractivity contribution in [1.82, 2.24) is 24.6 Å². The van der Waals surface area contributed by atoms with Crippen LogP contribution in [0, 0.1) is 6.92 Å². The standard InChI is InChI=1S/C20H21N5OS/c1-15-4-6-17(7-5-15)25-14-22-23-20(25)27-13-19(26)24-12-2-3-18(24)16-8-10-21-11-9-16/h4-11,14,18H,2-3,12-13H2,1H3. The molecule has 6 nitrogen and oxygen atoms in total. The van der Waals surface area contributed by atoms with Gasteiger partial charge in [-0.05, 0) is 49.6 Å². The highest BCUT2D eigenvalue weighted by Gasteiger charge is 2.30. The number of aryl methyl sites for hydroxylation is 1. The maximum atomic E-state index is 12.8. The van der Waals surface area contributed by atoms with Crippen molar-refractivity contribution in [3.63, 3.8) is 0 Å². The van der Waals surface area contributed by atoms with Gasteiger partial charge in [0.25, 0.3) is 0 Å². The lowest BCUT2D eigenvalue weighted by Crippen LogP contribution is -2.32. The van der Waals surface area contributed by atoms with E-state index in [0.717, 1.165) is 35.8 Å². The number of nitrogens with zero attached hydrogens (tertiary/aromatic N) is 5. The molecule has 7 heteroatoms. The minimum Gasteiger partial charge on any atom is -0.335 e. The van der Waals surface area contributed by atoms with Gasteiger partial charge in [0.2, 0.25) is 5.91 Å². The molecule has 0 N–H and O–H groups in total. The van der Waals surface area contributed by atoms with Crippen molar-refractivity contribution in [3.05, 3.63) is 66.2 Å². The number of carbonyl (C=O) groups excluding carboxylic acids is 1. The van der Waals surface area contributed by atoms with Gasteiger partial charge in [0, 0.05) is 24.6 Å². The summed E-state index contributed by atoms with van der Waals surface area (Å²) >= 11 is 1.43. The molecule has 1 aromatic carbocycles. The fourth-order valence-electron chi connectivity index (χ4n) is 3.41. The Morgan fingerprint density at radius 3 is 2.74 bits per heavy atom. The Bertz CT molecular complexity index is 910. The Labute approximate surface area is 162 Å². The fourth-order valence-corrected chi connectivity index (χ4v) is 4.23. The summed E-state index contributed by atoms with van der Waals surface area (Å²) in [4.78, 5) is 18.9. The molecule has 4 rings (SSSR count). The smallest absolute Gasteiger partial charge is 0.233 e. The number of aromatic nitrogens is 4. The molecule has 2 aromatic heterocycles. The zero-order chi connectivity index (χ0) is 18.6. The average Bonchev–Trinajstić information content (AvgIpc) is 3.37. The number of hydrogen-bond donors (Lipinski definition) is 0. The predicted octanol–water partition coefficient (Wildman–Crippen LogP) is 3.43. The molecule has 0 radical (unpaired) electrons. The molecular weight excluding hydrogens is 358 g/mol. The van der Waals surface area contributed by atoms with E-state index in [9.17, 15) is 4.79 Å². The maximum Gasteiger partial charge on any atom is 0.233 e. The summed E-state index contributed by atoms with van der Waals surface area (Å²) in [6.45, 7) is 2.86. The van der Waals surface area contributed by atoms with Crippen LogP contribution in [0.3, 0.4) is 0 Å². The highest BCUT2D eigenvalue weighted by atomic mass is 32.2. The van der Waals surface area contributed by atoms with Crippen molar-refractivity contribution in [2.75, 3.05) is 12.3 Å². The Kier molecular flexibility index (Phi) is 5.20. The van der Waals surface area contributed by atoms with Gasteiger partial charge >= 0.3 is 0 Å². The first-order chi connectivity index (χ1) is 13.2. The van der Waals surface area contributed by atoms with Crippen molar-refractivity contribution in [1.29, 1.82) is 0 Å². The van der Waals surface area contributed by atoms with Crippen LogP contribution in [0.5, 0.6) is 0 Å². The fraction of sp³-hybridized carbons (Fsp3) is 0.300. The molecule has 1 saturated heterocycles. The number of rotatable bonds is 5. The highest BCUT2D eigenvalue weighted by Crippen LogP contribution is 2.32. The molecule has 1 unspecified atom stereocenters. The third-order valence-corrected chi connectivity index (χ3v) is 5.75. The van der Waals surface area contributed by atoms with Gasteiger partial charge in [-0.25, -0.2) is 0 Å². The quantitative estimate of drug-likeness (QED) is 0.636. The van der Waals surface area contributed by atoms with E-state index in [1.165, 1.54) is 17.3 Å². The third kappa shape index (κ3) is 3.88. The molecule has 0 spiro atoms. The minimum absolute atomic E-state index is 0.137. The van der Waals surface area contributed by atoms with Crippen LogP contribution in [0.1, 0.15) is 30.0 Å². The van der Waals surface area contributed by atoms with Crippen LogP contribution in [0.25, 0.3) is 5.69 Å². The van der Waals surface area contributed by atoms with Gasteiger partial charge in [-0.3, -0.25) is 14.3 Å². The van der Waals surface area contributed by atoms with Crippen molar-refractivity contribution < 1.29 is 4.79 Å². The molecule has 138 valence electrons. The van der Waals surface area contributed by atoms with Crippen LogP contribution in [0.4, 0.5) is 0 Å². The van der Waals surface area contributed by atoms with Gasteiger partial charge in [0.05, 0.1) is 11.8 Å². The van der Waals surface area contributed by atoms with Crippen molar-refractivity contribution in [2.24, 2.45) is 0 Å². The first-order valence-electron chi connectivity index (χ1n) is 9.01. The number of likely N-dealkylation sites (tertiary alicyclic amines) is 1. The lowest BCUT2D eigenvalue weighted by Gasteiger charge is -2.24. The van der Waals surface area contributed by atoms with Crippen LogP contribution in [0.2, 0.25) is 0 Å². The lowest BCUT2D eigenvalue weighted by atomic mass is 10.1. The normalized spacial score (nSPS) is 16.6. The lowest BCUT2D eigenvalue weighted by molar-refractivity contribution is -0.129. The molecule has 0 aliphatic carbocycles. The molecule has 0 saturated carbocycles. The Balaban J connectivity index is 1.44. The van der Waals surface area contributed by atoms with Crippen LogP contribution >= 0.6 is 11.8 Å². The molecule has 1 aliphatic rings. The molecule has 27 heavy (non-hydrogen) atoms. The summed E-state index contributed by atoms with van der Waals surface area (Å²) in [7, 11) is 0. The van der Waals surface area contributed by atoms with Crippen LogP contribution in [-0.4, -0.2) is 42.9 Å². The summed E-state index contributed by atoms with van der Waals surface area (Å²) in [6.07, 6.45) is 7.29. The molecule has 1 aliphatic heterocycles. The van der Waals surface area contributed by atoms with Gasteiger partial charge in [0.15, 0.2) is 5.16 Å². The van der Waals surface area contributed by atoms with E-state index < -0.39 is 0 Å². The summed E-state index contributed by atoms with van der Waals surface area (Å²) in [5.74, 6) is 0.490. The average molecular weight is 379 g/mol. The van der Waals surface area contributed by atoms with Gasteiger partial charge in [-0.15, -0.1) is 10.2 Å². The van der Waals surface area contributed by atoms with Gasteiger partial charge in [-0.1, -0.05) is 29.5 Å². The number of amides is 1. The third-order valence-electron chi connectivity index (χ3n) is 4.82. The van der Waals surface area contributed by atoms with E-state index in [1.807, 2.05) is 33.7 Å². The van der Waals surface area contributed by atoms with Crippen LogP contribution < -0.4 is 0 Å².